The lowest BCUT2D eigenvalue weighted by molar-refractivity contribution is 0.0756. The van der Waals surface area contributed by atoms with Gasteiger partial charge in [-0.05, 0) is 37.8 Å². The molecule has 16 heavy (non-hydrogen) atoms. The number of nitrogens with zero attached hydrogens (tertiary/aromatic N) is 2. The zero-order valence-corrected chi connectivity index (χ0v) is 9.32. The monoisotopic (exact) mass is 222 g/mol. The zero-order chi connectivity index (χ0) is 11.5. The van der Waals surface area contributed by atoms with Crippen LogP contribution in [0.4, 0.5) is 4.39 Å². The molecule has 0 bridgehead atoms. The minimum Gasteiger partial charge on any atom is -0.339 e. The Kier molecular flexibility index (Phi) is 3.17. The molecule has 1 heterocycles. The normalized spacial score (nSPS) is 14.9. The van der Waals surface area contributed by atoms with Crippen molar-refractivity contribution < 1.29 is 9.18 Å². The van der Waals surface area contributed by atoms with Crippen LogP contribution in [0.15, 0.2) is 18.3 Å². The standard InChI is InChI=1S/C12H15FN2O/c1-2-15(8-9-3-4-9)12(16)10-5-6-11(13)14-7-10/h5-7,9H,2-4,8H2,1H3. The van der Waals surface area contributed by atoms with Gasteiger partial charge in [-0.25, -0.2) is 4.98 Å². The molecule has 0 saturated heterocycles. The van der Waals surface area contributed by atoms with Crippen LogP contribution in [-0.4, -0.2) is 28.9 Å². The van der Waals surface area contributed by atoms with Gasteiger partial charge in [-0.3, -0.25) is 4.79 Å². The summed E-state index contributed by atoms with van der Waals surface area (Å²) in [6.45, 7) is 3.46. The third-order valence-corrected chi connectivity index (χ3v) is 2.82. The van der Waals surface area contributed by atoms with Gasteiger partial charge < -0.3 is 4.90 Å². The molecule has 3 nitrogen and oxygen atoms in total. The van der Waals surface area contributed by atoms with Crippen molar-refractivity contribution in [3.63, 3.8) is 0 Å². The van der Waals surface area contributed by atoms with Crippen LogP contribution in [0.1, 0.15) is 30.1 Å². The second-order valence-electron chi connectivity index (χ2n) is 4.16. The van der Waals surface area contributed by atoms with Crippen LogP contribution < -0.4 is 0 Å². The van der Waals surface area contributed by atoms with E-state index in [-0.39, 0.29) is 5.91 Å². The third kappa shape index (κ3) is 2.56. The van der Waals surface area contributed by atoms with Crippen LogP contribution in [-0.2, 0) is 0 Å². The van der Waals surface area contributed by atoms with Crippen molar-refractivity contribution in [2.24, 2.45) is 5.92 Å². The number of hydrogen-bond acceptors (Lipinski definition) is 2. The van der Waals surface area contributed by atoms with Crippen molar-refractivity contribution >= 4 is 5.91 Å². The molecule has 1 aromatic rings. The Morgan fingerprint density at radius 1 is 1.56 bits per heavy atom. The van der Waals surface area contributed by atoms with Gasteiger partial charge in [-0.15, -0.1) is 0 Å². The maximum absolute atomic E-state index is 12.6. The average Bonchev–Trinajstić information content (AvgIpc) is 3.10. The van der Waals surface area contributed by atoms with E-state index in [1.165, 1.54) is 31.2 Å². The molecule has 0 aliphatic heterocycles. The number of carbonyl (C=O) groups is 1. The fraction of sp³-hybridized carbons (Fsp3) is 0.500. The number of hydrogen-bond donors (Lipinski definition) is 0. The molecule has 0 radical (unpaired) electrons. The first-order chi connectivity index (χ1) is 7.70. The predicted octanol–water partition coefficient (Wildman–Crippen LogP) is 2.09. The summed E-state index contributed by atoms with van der Waals surface area (Å²) in [5.41, 5.74) is 0.462. The Balaban J connectivity index is 2.06. The molecule has 0 spiro atoms. The summed E-state index contributed by atoms with van der Waals surface area (Å²) in [5, 5.41) is 0. The van der Waals surface area contributed by atoms with E-state index >= 15 is 0 Å². The molecule has 1 aliphatic carbocycles. The fourth-order valence-electron chi connectivity index (χ4n) is 1.65. The van der Waals surface area contributed by atoms with Gasteiger partial charge in [0.15, 0.2) is 0 Å². The number of aromatic nitrogens is 1. The summed E-state index contributed by atoms with van der Waals surface area (Å²) < 4.78 is 12.6. The van der Waals surface area contributed by atoms with E-state index in [4.69, 9.17) is 0 Å². The van der Waals surface area contributed by atoms with E-state index in [9.17, 15) is 9.18 Å². The van der Waals surface area contributed by atoms with Gasteiger partial charge in [0, 0.05) is 19.3 Å². The van der Waals surface area contributed by atoms with E-state index < -0.39 is 5.95 Å². The van der Waals surface area contributed by atoms with Gasteiger partial charge in [-0.2, -0.15) is 4.39 Å². The first-order valence-corrected chi connectivity index (χ1v) is 5.61. The quantitative estimate of drug-likeness (QED) is 0.731. The molecular weight excluding hydrogens is 207 g/mol. The second kappa shape index (κ2) is 4.60. The number of amides is 1. The first-order valence-electron chi connectivity index (χ1n) is 5.61. The molecule has 4 heteroatoms. The van der Waals surface area contributed by atoms with E-state index in [0.717, 1.165) is 6.54 Å². The lowest BCUT2D eigenvalue weighted by Gasteiger charge is -2.20. The van der Waals surface area contributed by atoms with Crippen LogP contribution in [0.25, 0.3) is 0 Å². The highest BCUT2D eigenvalue weighted by Gasteiger charge is 2.26. The molecule has 0 unspecified atom stereocenters. The highest BCUT2D eigenvalue weighted by molar-refractivity contribution is 5.93. The summed E-state index contributed by atoms with van der Waals surface area (Å²) >= 11 is 0. The maximum Gasteiger partial charge on any atom is 0.255 e. The van der Waals surface area contributed by atoms with Crippen molar-refractivity contribution in [2.75, 3.05) is 13.1 Å². The summed E-state index contributed by atoms with van der Waals surface area (Å²) in [6.07, 6.45) is 3.73. The van der Waals surface area contributed by atoms with Crippen LogP contribution in [0.3, 0.4) is 0 Å². The number of halogens is 1. The summed E-state index contributed by atoms with van der Waals surface area (Å²) in [6, 6.07) is 2.71. The summed E-state index contributed by atoms with van der Waals surface area (Å²) in [7, 11) is 0. The molecular formula is C12H15FN2O. The van der Waals surface area contributed by atoms with Crippen LogP contribution in [0.2, 0.25) is 0 Å². The van der Waals surface area contributed by atoms with Gasteiger partial charge in [0.05, 0.1) is 5.56 Å². The molecule has 2 rings (SSSR count). The molecule has 1 amide bonds. The van der Waals surface area contributed by atoms with Crippen molar-refractivity contribution in [2.45, 2.75) is 19.8 Å². The summed E-state index contributed by atoms with van der Waals surface area (Å²) in [5.74, 6) is 0.0565. The smallest absolute Gasteiger partial charge is 0.255 e. The number of pyridine rings is 1. The van der Waals surface area contributed by atoms with E-state index in [1.807, 2.05) is 6.92 Å². The van der Waals surface area contributed by atoms with Gasteiger partial charge in [0.25, 0.3) is 5.91 Å². The summed E-state index contributed by atoms with van der Waals surface area (Å²) in [4.78, 5) is 17.3. The Labute approximate surface area is 94.3 Å². The van der Waals surface area contributed by atoms with Crippen molar-refractivity contribution in [3.8, 4) is 0 Å². The van der Waals surface area contributed by atoms with Gasteiger partial charge >= 0.3 is 0 Å². The molecule has 0 N–H and O–H groups in total. The third-order valence-electron chi connectivity index (χ3n) is 2.82. The number of carbonyl (C=O) groups excluding carboxylic acids is 1. The van der Waals surface area contributed by atoms with Gasteiger partial charge in [0.2, 0.25) is 5.95 Å². The lowest BCUT2D eigenvalue weighted by atomic mass is 10.2. The van der Waals surface area contributed by atoms with Crippen LogP contribution in [0.5, 0.6) is 0 Å². The topological polar surface area (TPSA) is 33.2 Å². The lowest BCUT2D eigenvalue weighted by Crippen LogP contribution is -2.32. The van der Waals surface area contributed by atoms with Crippen molar-refractivity contribution in [1.29, 1.82) is 0 Å². The largest absolute Gasteiger partial charge is 0.339 e. The van der Waals surface area contributed by atoms with Crippen LogP contribution >= 0.6 is 0 Å². The van der Waals surface area contributed by atoms with Gasteiger partial charge in [0.1, 0.15) is 0 Å². The highest BCUT2D eigenvalue weighted by Crippen LogP contribution is 2.30. The van der Waals surface area contributed by atoms with Crippen LogP contribution in [0, 0.1) is 11.9 Å². The molecule has 0 aromatic carbocycles. The Morgan fingerprint density at radius 3 is 2.81 bits per heavy atom. The van der Waals surface area contributed by atoms with Crippen molar-refractivity contribution in [3.05, 3.63) is 29.8 Å². The van der Waals surface area contributed by atoms with E-state index in [0.29, 0.717) is 18.0 Å². The minimum absolute atomic E-state index is 0.0538. The molecule has 1 fully saturated rings. The Hall–Kier alpha value is -1.45. The zero-order valence-electron chi connectivity index (χ0n) is 9.32. The number of rotatable bonds is 4. The Morgan fingerprint density at radius 2 is 2.31 bits per heavy atom. The van der Waals surface area contributed by atoms with Gasteiger partial charge in [-0.1, -0.05) is 0 Å². The highest BCUT2D eigenvalue weighted by atomic mass is 19.1. The molecule has 1 saturated carbocycles. The van der Waals surface area contributed by atoms with Crippen molar-refractivity contribution in [1.82, 2.24) is 9.88 Å². The van der Waals surface area contributed by atoms with E-state index in [2.05, 4.69) is 4.98 Å². The molecule has 1 aliphatic rings. The second-order valence-corrected chi connectivity index (χ2v) is 4.16. The SMILES string of the molecule is CCN(CC1CC1)C(=O)c1ccc(F)nc1. The Bertz CT molecular complexity index is 373. The molecule has 0 atom stereocenters. The molecule has 86 valence electrons. The maximum atomic E-state index is 12.6. The average molecular weight is 222 g/mol. The first kappa shape index (κ1) is 11.0. The minimum atomic E-state index is -0.554. The predicted molar refractivity (Wildman–Crippen MR) is 58.5 cm³/mol. The fourth-order valence-corrected chi connectivity index (χ4v) is 1.65. The molecule has 1 aromatic heterocycles. The van der Waals surface area contributed by atoms with E-state index in [1.54, 1.807) is 4.90 Å².